The highest BCUT2D eigenvalue weighted by Crippen LogP contribution is 2.04. The van der Waals surface area contributed by atoms with Gasteiger partial charge >= 0.3 is 5.97 Å². The summed E-state index contributed by atoms with van der Waals surface area (Å²) in [4.78, 5) is 21.1. The summed E-state index contributed by atoms with van der Waals surface area (Å²) in [6.07, 6.45) is 2.88. The Labute approximate surface area is 86.6 Å². The van der Waals surface area contributed by atoms with Gasteiger partial charge in [-0.15, -0.1) is 0 Å². The molecule has 1 rings (SSSR count). The third kappa shape index (κ3) is 2.67. The fourth-order valence-corrected chi connectivity index (χ4v) is 0.997. The molecule has 0 aliphatic carbocycles. The van der Waals surface area contributed by atoms with Gasteiger partial charge in [-0.1, -0.05) is 0 Å². The second-order valence-corrected chi connectivity index (χ2v) is 2.93. The van der Waals surface area contributed by atoms with Crippen molar-refractivity contribution < 1.29 is 9.90 Å². The van der Waals surface area contributed by atoms with E-state index < -0.39 is 5.97 Å². The molecule has 1 aromatic rings. The number of carboxylic acids is 1. The number of nitrogens with zero attached hydrogens (tertiary/aromatic N) is 2. The van der Waals surface area contributed by atoms with Gasteiger partial charge in [0.1, 0.15) is 5.71 Å². The number of nitrogens with one attached hydrogen (secondary N) is 1. The quantitative estimate of drug-likeness (QED) is 0.616. The lowest BCUT2D eigenvalue weighted by molar-refractivity contribution is -0.129. The molecule has 80 valence electrons. The maximum Gasteiger partial charge on any atom is 0.354 e. The van der Waals surface area contributed by atoms with E-state index in [2.05, 4.69) is 15.0 Å². The fourth-order valence-electron chi connectivity index (χ4n) is 0.997. The van der Waals surface area contributed by atoms with Crippen molar-refractivity contribution in [3.05, 3.63) is 23.8 Å². The van der Waals surface area contributed by atoms with Crippen LogP contribution in [0.4, 0.5) is 0 Å². The minimum absolute atomic E-state index is 0.110. The van der Waals surface area contributed by atoms with E-state index in [1.165, 1.54) is 13.1 Å². The lowest BCUT2D eigenvalue weighted by Crippen LogP contribution is -2.12. The summed E-state index contributed by atoms with van der Waals surface area (Å²) in [7, 11) is 1.39. The second-order valence-electron chi connectivity index (χ2n) is 2.93. The van der Waals surface area contributed by atoms with Gasteiger partial charge < -0.3 is 15.8 Å². The Kier molecular flexibility index (Phi) is 3.22. The van der Waals surface area contributed by atoms with Gasteiger partial charge in [-0.25, -0.2) is 9.78 Å². The Morgan fingerprint density at radius 2 is 2.40 bits per heavy atom. The van der Waals surface area contributed by atoms with E-state index in [1.54, 1.807) is 6.20 Å². The first-order chi connectivity index (χ1) is 7.04. The summed E-state index contributed by atoms with van der Waals surface area (Å²) in [6.45, 7) is 1.83. The molecule has 0 aliphatic heterocycles. The van der Waals surface area contributed by atoms with Crippen LogP contribution in [-0.2, 0) is 4.79 Å². The van der Waals surface area contributed by atoms with Crippen molar-refractivity contribution in [1.29, 1.82) is 0 Å². The van der Waals surface area contributed by atoms with Gasteiger partial charge in [0.05, 0.1) is 5.70 Å². The average Bonchev–Trinajstić information content (AvgIpc) is 2.60. The van der Waals surface area contributed by atoms with Gasteiger partial charge in [0.2, 0.25) is 0 Å². The molecule has 6 nitrogen and oxygen atoms in total. The third-order valence-corrected chi connectivity index (χ3v) is 1.73. The summed E-state index contributed by atoms with van der Waals surface area (Å²) in [6, 6.07) is 0. The van der Waals surface area contributed by atoms with Crippen LogP contribution in [0, 0.1) is 6.92 Å². The number of carboxylic acid groups (broad SMARTS) is 1. The van der Waals surface area contributed by atoms with Crippen LogP contribution >= 0.6 is 0 Å². The number of aromatic nitrogens is 2. The van der Waals surface area contributed by atoms with Gasteiger partial charge in [0.15, 0.2) is 5.82 Å². The molecule has 0 saturated carbocycles. The van der Waals surface area contributed by atoms with Crippen molar-refractivity contribution >= 4 is 17.4 Å². The number of H-pyrrole nitrogens is 1. The molecule has 0 bridgehead atoms. The van der Waals surface area contributed by atoms with E-state index in [0.717, 1.165) is 5.69 Å². The number of aryl methyl sites for hydroxylation is 1. The molecule has 0 fully saturated rings. The molecule has 1 heterocycles. The number of aliphatic imine (C=N–C) groups is 1. The molecular weight excluding hydrogens is 196 g/mol. The van der Waals surface area contributed by atoms with Gasteiger partial charge in [-0.2, -0.15) is 0 Å². The normalized spacial score (nSPS) is 12.9. The molecule has 15 heavy (non-hydrogen) atoms. The van der Waals surface area contributed by atoms with Crippen molar-refractivity contribution in [2.24, 2.45) is 10.7 Å². The summed E-state index contributed by atoms with van der Waals surface area (Å²) in [5.41, 5.74) is 6.63. The maximum atomic E-state index is 10.6. The summed E-state index contributed by atoms with van der Waals surface area (Å²) in [5, 5.41) is 8.71. The number of aromatic amines is 1. The first-order valence-electron chi connectivity index (χ1n) is 4.24. The van der Waals surface area contributed by atoms with E-state index in [0.29, 0.717) is 5.82 Å². The molecule has 0 radical (unpaired) electrons. The zero-order chi connectivity index (χ0) is 11.4. The molecule has 4 N–H and O–H groups in total. The number of nitrogens with two attached hydrogens (primary N) is 1. The topological polar surface area (TPSA) is 104 Å². The highest BCUT2D eigenvalue weighted by molar-refractivity contribution is 6.41. The molecule has 0 saturated heterocycles. The summed E-state index contributed by atoms with van der Waals surface area (Å²) >= 11 is 0. The highest BCUT2D eigenvalue weighted by Gasteiger charge is 2.08. The van der Waals surface area contributed by atoms with Crippen molar-refractivity contribution in [1.82, 2.24) is 9.97 Å². The third-order valence-electron chi connectivity index (χ3n) is 1.73. The first kappa shape index (κ1) is 11.0. The van der Waals surface area contributed by atoms with Crippen LogP contribution in [0.2, 0.25) is 0 Å². The lowest BCUT2D eigenvalue weighted by Gasteiger charge is -1.97. The largest absolute Gasteiger partial charge is 0.477 e. The summed E-state index contributed by atoms with van der Waals surface area (Å²) < 4.78 is 0. The second kappa shape index (κ2) is 4.41. The van der Waals surface area contributed by atoms with Gasteiger partial charge in [0.25, 0.3) is 0 Å². The van der Waals surface area contributed by atoms with Gasteiger partial charge in [-0.3, -0.25) is 4.99 Å². The van der Waals surface area contributed by atoms with E-state index in [1.807, 2.05) is 6.92 Å². The average molecular weight is 208 g/mol. The van der Waals surface area contributed by atoms with Crippen molar-refractivity contribution in [3.63, 3.8) is 0 Å². The van der Waals surface area contributed by atoms with Gasteiger partial charge in [-0.05, 0) is 13.0 Å². The maximum absolute atomic E-state index is 10.6. The fraction of sp³-hybridized carbons (Fsp3) is 0.222. The predicted octanol–water partition coefficient (Wildman–Crippen LogP) is 0.173. The monoisotopic (exact) mass is 208 g/mol. The minimum Gasteiger partial charge on any atom is -0.477 e. The highest BCUT2D eigenvalue weighted by atomic mass is 16.4. The minimum atomic E-state index is -1.12. The van der Waals surface area contributed by atoms with Crippen molar-refractivity contribution in [3.8, 4) is 0 Å². The van der Waals surface area contributed by atoms with E-state index in [-0.39, 0.29) is 11.4 Å². The molecule has 0 spiro atoms. The predicted molar refractivity (Wildman–Crippen MR) is 56.5 cm³/mol. The summed E-state index contributed by atoms with van der Waals surface area (Å²) in [5.74, 6) is -0.682. The Morgan fingerprint density at radius 3 is 2.80 bits per heavy atom. The molecule has 0 atom stereocenters. The molecule has 0 aliphatic rings. The van der Waals surface area contributed by atoms with E-state index >= 15 is 0 Å². The van der Waals surface area contributed by atoms with E-state index in [9.17, 15) is 4.79 Å². The number of hydrogen-bond acceptors (Lipinski definition) is 4. The van der Waals surface area contributed by atoms with Crippen LogP contribution in [0.5, 0.6) is 0 Å². The van der Waals surface area contributed by atoms with Crippen LogP contribution in [-0.4, -0.2) is 33.8 Å². The van der Waals surface area contributed by atoms with Crippen LogP contribution in [0.3, 0.4) is 0 Å². The first-order valence-corrected chi connectivity index (χ1v) is 4.24. The number of hydrogen-bond donors (Lipinski definition) is 3. The number of aliphatic carboxylic acids is 1. The van der Waals surface area contributed by atoms with Crippen LogP contribution < -0.4 is 5.73 Å². The number of carbonyl (C=O) groups is 1. The Bertz CT molecular complexity index is 431. The Balaban J connectivity index is 2.98. The Morgan fingerprint density at radius 1 is 1.73 bits per heavy atom. The number of imidazole rings is 1. The smallest absolute Gasteiger partial charge is 0.354 e. The molecule has 0 aromatic carbocycles. The standard InChI is InChI=1S/C9H12N4O2/c1-5-4-12-8(13-5)6(10)3-7(11-2)9(14)15/h3-4H,10H2,1-2H3,(H,12,13)(H,14,15). The van der Waals surface area contributed by atoms with Crippen molar-refractivity contribution in [2.45, 2.75) is 6.92 Å². The molecule has 0 amide bonds. The SMILES string of the molecule is CN=C(C=C(N)c1ncc(C)[nH]1)C(=O)O. The van der Waals surface area contributed by atoms with Crippen LogP contribution in [0.25, 0.3) is 5.70 Å². The van der Waals surface area contributed by atoms with Crippen LogP contribution in [0.15, 0.2) is 17.3 Å². The molecule has 0 unspecified atom stereocenters. The van der Waals surface area contributed by atoms with Gasteiger partial charge in [0, 0.05) is 18.9 Å². The van der Waals surface area contributed by atoms with Crippen molar-refractivity contribution in [2.75, 3.05) is 7.05 Å². The zero-order valence-electron chi connectivity index (χ0n) is 8.48. The lowest BCUT2D eigenvalue weighted by atomic mass is 10.3. The molecular formula is C9H12N4O2. The molecule has 6 heteroatoms. The zero-order valence-corrected chi connectivity index (χ0v) is 8.48. The van der Waals surface area contributed by atoms with Crippen LogP contribution in [0.1, 0.15) is 11.5 Å². The van der Waals surface area contributed by atoms with E-state index in [4.69, 9.17) is 10.8 Å². The Hall–Kier alpha value is -2.11. The number of rotatable bonds is 3. The molecule has 1 aromatic heterocycles.